The lowest BCUT2D eigenvalue weighted by atomic mass is 10.00. The van der Waals surface area contributed by atoms with Crippen molar-refractivity contribution < 1.29 is 0 Å². The molecule has 3 rings (SSSR count). The van der Waals surface area contributed by atoms with E-state index >= 15 is 0 Å². The van der Waals surface area contributed by atoms with Crippen LogP contribution in [-0.2, 0) is 0 Å². The Labute approximate surface area is 143 Å². The van der Waals surface area contributed by atoms with Crippen molar-refractivity contribution in [3.05, 3.63) is 35.7 Å². The molecule has 2 heterocycles. The summed E-state index contributed by atoms with van der Waals surface area (Å²) >= 11 is 0. The number of nitrogens with zero attached hydrogens (tertiary/aromatic N) is 2. The first-order chi connectivity index (χ1) is 11.6. The van der Waals surface area contributed by atoms with Gasteiger partial charge < -0.3 is 21.7 Å². The fraction of sp³-hybridized carbons (Fsp3) is 0.444. The van der Waals surface area contributed by atoms with Crippen LogP contribution in [0.2, 0.25) is 0 Å². The van der Waals surface area contributed by atoms with Crippen molar-refractivity contribution in [3.8, 4) is 0 Å². The summed E-state index contributed by atoms with van der Waals surface area (Å²) < 4.78 is 0. The molecular formula is C18H26N6. The molecule has 128 valence electrons. The molecule has 0 radical (unpaired) electrons. The molecule has 1 aliphatic rings. The van der Waals surface area contributed by atoms with Gasteiger partial charge in [-0.3, -0.25) is 0 Å². The summed E-state index contributed by atoms with van der Waals surface area (Å²) in [5.74, 6) is 2.23. The lowest BCUT2D eigenvalue weighted by molar-refractivity contribution is 0.392. The number of hydrogen-bond donors (Lipinski definition) is 4. The highest BCUT2D eigenvalue weighted by molar-refractivity contribution is 5.73. The van der Waals surface area contributed by atoms with E-state index < -0.39 is 0 Å². The van der Waals surface area contributed by atoms with Crippen LogP contribution in [0.1, 0.15) is 24.0 Å². The Hall–Kier alpha value is -2.34. The summed E-state index contributed by atoms with van der Waals surface area (Å²) in [6.07, 6.45) is 4.07. The van der Waals surface area contributed by atoms with Gasteiger partial charge in [-0.05, 0) is 69.0 Å². The average Bonchev–Trinajstić information content (AvgIpc) is 2.59. The summed E-state index contributed by atoms with van der Waals surface area (Å²) in [6.45, 7) is 7.26. The van der Waals surface area contributed by atoms with Gasteiger partial charge in [-0.2, -0.15) is 0 Å². The van der Waals surface area contributed by atoms with Crippen LogP contribution < -0.4 is 21.7 Å². The molecule has 24 heavy (non-hydrogen) atoms. The zero-order chi connectivity index (χ0) is 16.9. The smallest absolute Gasteiger partial charge is 0.135 e. The number of benzene rings is 1. The van der Waals surface area contributed by atoms with E-state index in [0.29, 0.717) is 5.92 Å². The fourth-order valence-electron chi connectivity index (χ4n) is 2.95. The second-order valence-electron chi connectivity index (χ2n) is 6.53. The number of rotatable bonds is 5. The molecule has 5 N–H and O–H groups in total. The molecule has 1 atom stereocenters. The van der Waals surface area contributed by atoms with E-state index in [9.17, 15) is 0 Å². The quantitative estimate of drug-likeness (QED) is 0.632. The first-order valence-corrected chi connectivity index (χ1v) is 8.52. The molecule has 1 aromatic carbocycles. The Morgan fingerprint density at radius 2 is 1.96 bits per heavy atom. The highest BCUT2D eigenvalue weighted by Gasteiger charge is 2.13. The summed E-state index contributed by atoms with van der Waals surface area (Å²) in [5, 5.41) is 10.1. The van der Waals surface area contributed by atoms with E-state index in [1.807, 2.05) is 18.2 Å². The van der Waals surface area contributed by atoms with Gasteiger partial charge in [-0.25, -0.2) is 9.97 Å². The molecule has 6 heteroatoms. The number of aryl methyl sites for hydroxylation is 2. The molecule has 6 nitrogen and oxygen atoms in total. The van der Waals surface area contributed by atoms with Crippen molar-refractivity contribution in [2.45, 2.75) is 26.7 Å². The van der Waals surface area contributed by atoms with Gasteiger partial charge in [0.2, 0.25) is 0 Å². The third kappa shape index (κ3) is 4.14. The van der Waals surface area contributed by atoms with E-state index in [1.54, 1.807) is 6.33 Å². The minimum Gasteiger partial charge on any atom is -0.397 e. The van der Waals surface area contributed by atoms with Crippen molar-refractivity contribution in [1.82, 2.24) is 15.3 Å². The molecule has 0 aliphatic carbocycles. The van der Waals surface area contributed by atoms with Crippen LogP contribution in [-0.4, -0.2) is 29.6 Å². The van der Waals surface area contributed by atoms with E-state index in [0.717, 1.165) is 42.6 Å². The first-order valence-electron chi connectivity index (χ1n) is 8.52. The molecule has 0 spiro atoms. The molecule has 2 aromatic rings. The van der Waals surface area contributed by atoms with Crippen LogP contribution in [0.4, 0.5) is 23.0 Å². The molecule has 1 aliphatic heterocycles. The maximum Gasteiger partial charge on any atom is 0.135 e. The summed E-state index contributed by atoms with van der Waals surface area (Å²) in [7, 11) is 0. The monoisotopic (exact) mass is 326 g/mol. The molecule has 0 amide bonds. The Bertz CT molecular complexity index is 694. The average molecular weight is 326 g/mol. The van der Waals surface area contributed by atoms with Crippen LogP contribution >= 0.6 is 0 Å². The molecule has 1 fully saturated rings. The largest absolute Gasteiger partial charge is 0.397 e. The third-order valence-corrected chi connectivity index (χ3v) is 4.57. The van der Waals surface area contributed by atoms with Gasteiger partial charge in [0.1, 0.15) is 18.0 Å². The number of piperidine rings is 1. The maximum absolute atomic E-state index is 6.10. The second-order valence-corrected chi connectivity index (χ2v) is 6.53. The standard InChI is InChI=1S/C18H26N6/c1-12-6-15(19)16(7-13(12)2)24-18-8-17(22-11-23-18)21-10-14-4-3-5-20-9-14/h6-8,11,14,20H,3-5,9-10,19H2,1-2H3,(H2,21,22,23,24). The van der Waals surface area contributed by atoms with Gasteiger partial charge >= 0.3 is 0 Å². The second kappa shape index (κ2) is 7.49. The van der Waals surface area contributed by atoms with Gasteiger partial charge in [0.05, 0.1) is 11.4 Å². The van der Waals surface area contributed by atoms with Crippen molar-refractivity contribution in [3.63, 3.8) is 0 Å². The molecule has 1 unspecified atom stereocenters. The van der Waals surface area contributed by atoms with Crippen LogP contribution in [0.25, 0.3) is 0 Å². The van der Waals surface area contributed by atoms with E-state index in [1.165, 1.54) is 24.0 Å². The molecule has 0 bridgehead atoms. The Morgan fingerprint density at radius 1 is 1.17 bits per heavy atom. The van der Waals surface area contributed by atoms with E-state index in [2.05, 4.69) is 39.8 Å². The zero-order valence-corrected chi connectivity index (χ0v) is 14.4. The summed E-state index contributed by atoms with van der Waals surface area (Å²) in [5.41, 5.74) is 10.1. The fourth-order valence-corrected chi connectivity index (χ4v) is 2.95. The number of nitrogen functional groups attached to an aromatic ring is 1. The predicted molar refractivity (Wildman–Crippen MR) is 99.7 cm³/mol. The van der Waals surface area contributed by atoms with Gasteiger partial charge in [0, 0.05) is 12.6 Å². The number of hydrogen-bond acceptors (Lipinski definition) is 6. The van der Waals surface area contributed by atoms with Gasteiger partial charge in [-0.15, -0.1) is 0 Å². The van der Waals surface area contributed by atoms with Crippen molar-refractivity contribution in [2.24, 2.45) is 5.92 Å². The molecular weight excluding hydrogens is 300 g/mol. The van der Waals surface area contributed by atoms with Crippen LogP contribution in [0.5, 0.6) is 0 Å². The number of nitrogens with one attached hydrogen (secondary N) is 3. The minimum absolute atomic E-state index is 0.653. The maximum atomic E-state index is 6.10. The van der Waals surface area contributed by atoms with Crippen LogP contribution in [0.15, 0.2) is 24.5 Å². The van der Waals surface area contributed by atoms with E-state index in [4.69, 9.17) is 5.73 Å². The van der Waals surface area contributed by atoms with Crippen molar-refractivity contribution in [2.75, 3.05) is 36.0 Å². The zero-order valence-electron chi connectivity index (χ0n) is 14.4. The highest BCUT2D eigenvalue weighted by Crippen LogP contribution is 2.26. The third-order valence-electron chi connectivity index (χ3n) is 4.57. The summed E-state index contributed by atoms with van der Waals surface area (Å²) in [4.78, 5) is 8.60. The normalized spacial score (nSPS) is 17.5. The topological polar surface area (TPSA) is 87.9 Å². The Morgan fingerprint density at radius 3 is 2.75 bits per heavy atom. The van der Waals surface area contributed by atoms with Crippen LogP contribution in [0, 0.1) is 19.8 Å². The lowest BCUT2D eigenvalue weighted by Crippen LogP contribution is -2.33. The van der Waals surface area contributed by atoms with Gasteiger partial charge in [0.25, 0.3) is 0 Å². The molecule has 0 saturated carbocycles. The number of aromatic nitrogens is 2. The minimum atomic E-state index is 0.653. The lowest BCUT2D eigenvalue weighted by Gasteiger charge is -2.23. The van der Waals surface area contributed by atoms with Crippen molar-refractivity contribution in [1.29, 1.82) is 0 Å². The first kappa shape index (κ1) is 16.5. The predicted octanol–water partition coefficient (Wildman–Crippen LogP) is 2.83. The van der Waals surface area contributed by atoms with Crippen LogP contribution in [0.3, 0.4) is 0 Å². The Balaban J connectivity index is 1.65. The summed E-state index contributed by atoms with van der Waals surface area (Å²) in [6, 6.07) is 5.95. The van der Waals surface area contributed by atoms with Crippen molar-refractivity contribution >= 4 is 23.0 Å². The van der Waals surface area contributed by atoms with E-state index in [-0.39, 0.29) is 0 Å². The number of anilines is 4. The highest BCUT2D eigenvalue weighted by atomic mass is 15.1. The Kier molecular flexibility index (Phi) is 5.15. The van der Waals surface area contributed by atoms with Gasteiger partial charge in [-0.1, -0.05) is 0 Å². The number of nitrogens with two attached hydrogens (primary N) is 1. The SMILES string of the molecule is Cc1cc(N)c(Nc2cc(NCC3CCCNC3)ncn2)cc1C. The molecule has 1 saturated heterocycles. The molecule has 1 aromatic heterocycles. The van der Waals surface area contributed by atoms with Gasteiger partial charge in [0.15, 0.2) is 0 Å².